The standard InChI is InChI=1S/C19H25FN4O.C9H8ClF3/c1-12(2)17-16(13-6-5-7-14(20)10-13)22-18-19(3,4)24(15(25)11-21)9-8-23(17)18;1-6-2-3-7(8(10)4-6)9(12,13)5-11/h5-7,10,12H,8-9,11,21H2,1-4H3;2-4H,5H2,1H3. The predicted molar refractivity (Wildman–Crippen MR) is 142 cm³/mol. The van der Waals surface area contributed by atoms with E-state index in [9.17, 15) is 22.4 Å². The molecule has 0 aliphatic carbocycles. The van der Waals surface area contributed by atoms with Crippen molar-refractivity contribution in [3.05, 3.63) is 75.9 Å². The van der Waals surface area contributed by atoms with E-state index in [1.807, 2.05) is 19.9 Å². The molecule has 1 amide bonds. The number of hydrogen-bond acceptors (Lipinski definition) is 3. The van der Waals surface area contributed by atoms with Crippen LogP contribution in [0, 0.1) is 12.7 Å². The van der Waals surface area contributed by atoms with E-state index in [1.165, 1.54) is 24.3 Å². The maximum atomic E-state index is 13.7. The first-order valence-electron chi connectivity index (χ1n) is 12.3. The molecule has 5 nitrogen and oxygen atoms in total. The van der Waals surface area contributed by atoms with Gasteiger partial charge in [-0.15, -0.1) is 0 Å². The van der Waals surface area contributed by atoms with Gasteiger partial charge in [0, 0.05) is 29.9 Å². The van der Waals surface area contributed by atoms with Crippen LogP contribution in [0.2, 0.25) is 5.02 Å². The van der Waals surface area contributed by atoms with Gasteiger partial charge in [0.05, 0.1) is 22.8 Å². The lowest BCUT2D eigenvalue weighted by molar-refractivity contribution is -0.137. The van der Waals surface area contributed by atoms with Crippen molar-refractivity contribution in [2.75, 3.05) is 19.8 Å². The Labute approximate surface area is 225 Å². The van der Waals surface area contributed by atoms with Crippen LogP contribution in [-0.2, 0) is 22.8 Å². The van der Waals surface area contributed by atoms with Gasteiger partial charge in [0.2, 0.25) is 5.91 Å². The van der Waals surface area contributed by atoms with E-state index in [0.29, 0.717) is 13.1 Å². The number of aryl methyl sites for hydroxylation is 1. The number of aromatic nitrogens is 2. The molecule has 2 aromatic carbocycles. The maximum Gasteiger partial charge on any atom is 0.302 e. The van der Waals surface area contributed by atoms with Gasteiger partial charge < -0.3 is 15.2 Å². The zero-order valence-corrected chi connectivity index (χ0v) is 22.9. The lowest BCUT2D eigenvalue weighted by atomic mass is 9.98. The lowest BCUT2D eigenvalue weighted by Gasteiger charge is -2.42. The van der Waals surface area contributed by atoms with E-state index in [4.69, 9.17) is 22.3 Å². The highest BCUT2D eigenvalue weighted by Crippen LogP contribution is 2.38. The molecule has 0 bridgehead atoms. The van der Waals surface area contributed by atoms with Gasteiger partial charge in [0.25, 0.3) is 0 Å². The fourth-order valence-electron chi connectivity index (χ4n) is 4.73. The molecular weight excluding hydrogens is 520 g/mol. The molecule has 1 aliphatic rings. The summed E-state index contributed by atoms with van der Waals surface area (Å²) in [5, 5.41) is -0.0948. The molecule has 0 atom stereocenters. The summed E-state index contributed by atoms with van der Waals surface area (Å²) >= 11 is 5.55. The highest BCUT2D eigenvalue weighted by Gasteiger charge is 2.41. The molecule has 0 saturated heterocycles. The van der Waals surface area contributed by atoms with E-state index in [-0.39, 0.29) is 29.2 Å². The minimum Gasteiger partial charge on any atom is -0.327 e. The second-order valence-electron chi connectivity index (χ2n) is 10.1. The van der Waals surface area contributed by atoms with E-state index in [2.05, 4.69) is 18.4 Å². The van der Waals surface area contributed by atoms with Crippen molar-refractivity contribution < 1.29 is 22.4 Å². The highest BCUT2D eigenvalue weighted by molar-refractivity contribution is 6.31. The van der Waals surface area contributed by atoms with Gasteiger partial charge >= 0.3 is 5.92 Å². The summed E-state index contributed by atoms with van der Waals surface area (Å²) in [6, 6.07) is 10.5. The van der Waals surface area contributed by atoms with Crippen LogP contribution >= 0.6 is 11.6 Å². The lowest BCUT2D eigenvalue weighted by Crippen LogP contribution is -2.53. The number of nitrogens with two attached hydrogens (primary N) is 1. The van der Waals surface area contributed by atoms with Crippen LogP contribution in [0.25, 0.3) is 11.3 Å². The summed E-state index contributed by atoms with van der Waals surface area (Å²) in [4.78, 5) is 18.9. The smallest absolute Gasteiger partial charge is 0.302 e. The number of amides is 1. The first kappa shape index (κ1) is 29.6. The molecule has 0 saturated carbocycles. The average Bonchev–Trinajstić information content (AvgIpc) is 3.25. The first-order valence-corrected chi connectivity index (χ1v) is 12.7. The van der Waals surface area contributed by atoms with Crippen molar-refractivity contribution >= 4 is 17.5 Å². The van der Waals surface area contributed by atoms with Crippen molar-refractivity contribution in [1.82, 2.24) is 14.5 Å². The number of benzene rings is 2. The van der Waals surface area contributed by atoms with Gasteiger partial charge in [-0.3, -0.25) is 4.79 Å². The molecule has 0 spiro atoms. The van der Waals surface area contributed by atoms with E-state index >= 15 is 0 Å². The molecule has 1 aromatic heterocycles. The maximum absolute atomic E-state index is 13.7. The van der Waals surface area contributed by atoms with Crippen molar-refractivity contribution in [3.63, 3.8) is 0 Å². The van der Waals surface area contributed by atoms with Crippen LogP contribution in [0.5, 0.6) is 0 Å². The quantitative estimate of drug-likeness (QED) is 0.365. The second-order valence-corrected chi connectivity index (χ2v) is 10.5. The number of carbonyl (C=O) groups excluding carboxylic acids is 1. The minimum absolute atomic E-state index is 0.0159. The molecule has 0 fully saturated rings. The summed E-state index contributed by atoms with van der Waals surface area (Å²) in [5.41, 5.74) is 7.95. The number of nitrogens with zero attached hydrogens (tertiary/aromatic N) is 3. The highest BCUT2D eigenvalue weighted by atomic mass is 35.5. The summed E-state index contributed by atoms with van der Waals surface area (Å²) in [6.07, 6.45) is 0. The molecule has 2 N–H and O–H groups in total. The number of rotatable bonds is 5. The van der Waals surface area contributed by atoms with Crippen LogP contribution in [0.15, 0.2) is 42.5 Å². The Morgan fingerprint density at radius 2 is 1.87 bits per heavy atom. The van der Waals surface area contributed by atoms with Crippen LogP contribution in [0.1, 0.15) is 56.3 Å². The number of fused-ring (bicyclic) bond motifs is 1. The van der Waals surface area contributed by atoms with Gasteiger partial charge in [-0.1, -0.05) is 49.7 Å². The van der Waals surface area contributed by atoms with Crippen molar-refractivity contribution in [3.8, 4) is 11.3 Å². The van der Waals surface area contributed by atoms with Crippen LogP contribution < -0.4 is 5.73 Å². The van der Waals surface area contributed by atoms with Crippen molar-refractivity contribution in [1.29, 1.82) is 0 Å². The molecule has 38 heavy (non-hydrogen) atoms. The SMILES string of the molecule is CC(C)c1c(-c2cccc(F)c2)nc2n1CCN(C(=O)CN)C2(C)C.Cc1ccc(C(F)(F)CF)c(Cl)c1. The average molecular weight is 553 g/mol. The van der Waals surface area contributed by atoms with Crippen LogP contribution in [-0.4, -0.2) is 40.1 Å². The minimum atomic E-state index is -3.48. The fraction of sp³-hybridized carbons (Fsp3) is 0.429. The van der Waals surface area contributed by atoms with Gasteiger partial charge in [-0.05, 0) is 50.5 Å². The van der Waals surface area contributed by atoms with Crippen LogP contribution in [0.4, 0.5) is 17.6 Å². The molecule has 206 valence electrons. The van der Waals surface area contributed by atoms with E-state index in [0.717, 1.165) is 34.4 Å². The normalized spacial score (nSPS) is 14.7. The van der Waals surface area contributed by atoms with E-state index < -0.39 is 23.7 Å². The third-order valence-corrected chi connectivity index (χ3v) is 6.90. The Bertz CT molecular complexity index is 1310. The van der Waals surface area contributed by atoms with Crippen LogP contribution in [0.3, 0.4) is 0 Å². The second kappa shape index (κ2) is 11.5. The molecule has 0 unspecified atom stereocenters. The molecule has 2 heterocycles. The fourth-order valence-corrected chi connectivity index (χ4v) is 5.10. The largest absolute Gasteiger partial charge is 0.327 e. The number of hydrogen-bond donors (Lipinski definition) is 1. The van der Waals surface area contributed by atoms with Gasteiger partial charge in [0.1, 0.15) is 11.6 Å². The summed E-state index contributed by atoms with van der Waals surface area (Å²) in [5.74, 6) is -2.80. The third kappa shape index (κ3) is 5.89. The number of alkyl halides is 3. The monoisotopic (exact) mass is 552 g/mol. The Morgan fingerprint density at radius 3 is 2.42 bits per heavy atom. The Kier molecular flexibility index (Phi) is 8.93. The zero-order chi connectivity index (χ0) is 28.4. The first-order chi connectivity index (χ1) is 17.7. The summed E-state index contributed by atoms with van der Waals surface area (Å²) < 4.78 is 53.5. The third-order valence-electron chi connectivity index (χ3n) is 6.58. The van der Waals surface area contributed by atoms with Gasteiger partial charge in [-0.2, -0.15) is 8.78 Å². The van der Waals surface area contributed by atoms with E-state index in [1.54, 1.807) is 17.9 Å². The predicted octanol–water partition coefficient (Wildman–Crippen LogP) is 6.56. The molecule has 4 rings (SSSR count). The molecule has 0 radical (unpaired) electrons. The van der Waals surface area contributed by atoms with Gasteiger partial charge in [-0.25, -0.2) is 13.8 Å². The molecular formula is C28H33ClF4N4O. The van der Waals surface area contributed by atoms with Crippen molar-refractivity contribution in [2.24, 2.45) is 5.73 Å². The topological polar surface area (TPSA) is 64.2 Å². The Balaban J connectivity index is 0.000000260. The molecule has 10 heteroatoms. The Hall–Kier alpha value is -2.91. The van der Waals surface area contributed by atoms with Gasteiger partial charge in [0.15, 0.2) is 6.67 Å². The van der Waals surface area contributed by atoms with Crippen molar-refractivity contribution in [2.45, 2.75) is 58.5 Å². The molecule has 3 aromatic rings. The molecule has 1 aliphatic heterocycles. The number of halogens is 5. The number of carbonyl (C=O) groups is 1. The summed E-state index contributed by atoms with van der Waals surface area (Å²) in [6.45, 7) is 9.43. The number of imidazole rings is 1. The Morgan fingerprint density at radius 1 is 1.18 bits per heavy atom. The summed E-state index contributed by atoms with van der Waals surface area (Å²) in [7, 11) is 0. The zero-order valence-electron chi connectivity index (χ0n) is 22.2.